The van der Waals surface area contributed by atoms with Crippen LogP contribution in [-0.2, 0) is 0 Å². The lowest BCUT2D eigenvalue weighted by Crippen LogP contribution is -2.33. The summed E-state index contributed by atoms with van der Waals surface area (Å²) in [5.74, 6) is -1.02. The Morgan fingerprint density at radius 2 is 2.00 bits per heavy atom. The Morgan fingerprint density at radius 1 is 1.39 bits per heavy atom. The maximum Gasteiger partial charge on any atom is 0.337 e. The van der Waals surface area contributed by atoms with Gasteiger partial charge >= 0.3 is 5.97 Å². The van der Waals surface area contributed by atoms with Crippen molar-refractivity contribution in [2.45, 2.75) is 26.8 Å². The van der Waals surface area contributed by atoms with Crippen LogP contribution in [0.25, 0.3) is 0 Å². The summed E-state index contributed by atoms with van der Waals surface area (Å²) >= 11 is 0. The van der Waals surface area contributed by atoms with E-state index in [0.29, 0.717) is 0 Å². The summed E-state index contributed by atoms with van der Waals surface area (Å²) in [6.45, 7) is 8.60. The maximum absolute atomic E-state index is 11.7. The molecule has 0 aliphatic heterocycles. The number of hydrogen-bond acceptors (Lipinski definition) is 3. The van der Waals surface area contributed by atoms with Crippen molar-refractivity contribution in [3.63, 3.8) is 0 Å². The van der Waals surface area contributed by atoms with E-state index < -0.39 is 5.97 Å². The Labute approximate surface area is 107 Å². The molecule has 1 unspecified atom stereocenters. The first-order valence-electron chi connectivity index (χ1n) is 6.17. The van der Waals surface area contributed by atoms with Gasteiger partial charge in [0, 0.05) is 24.8 Å². The zero-order chi connectivity index (χ0) is 13.7. The van der Waals surface area contributed by atoms with Crippen LogP contribution in [0.1, 0.15) is 37.2 Å². The SMILES string of the molecule is CCN(CC)CC(C)n1cc(C(=O)O)ccc1=O. The first-order valence-corrected chi connectivity index (χ1v) is 6.17. The highest BCUT2D eigenvalue weighted by Gasteiger charge is 2.12. The van der Waals surface area contributed by atoms with E-state index in [1.54, 1.807) is 0 Å². The molecule has 100 valence electrons. The van der Waals surface area contributed by atoms with Crippen molar-refractivity contribution in [1.29, 1.82) is 0 Å². The van der Waals surface area contributed by atoms with E-state index in [4.69, 9.17) is 5.11 Å². The summed E-state index contributed by atoms with van der Waals surface area (Å²) in [4.78, 5) is 24.8. The van der Waals surface area contributed by atoms with Gasteiger partial charge in [0.2, 0.25) is 0 Å². The lowest BCUT2D eigenvalue weighted by Gasteiger charge is -2.24. The van der Waals surface area contributed by atoms with Crippen LogP contribution in [-0.4, -0.2) is 40.2 Å². The smallest absolute Gasteiger partial charge is 0.337 e. The molecule has 1 heterocycles. The molecule has 0 saturated heterocycles. The van der Waals surface area contributed by atoms with Crippen molar-refractivity contribution in [3.05, 3.63) is 34.2 Å². The van der Waals surface area contributed by atoms with E-state index in [-0.39, 0.29) is 17.2 Å². The fourth-order valence-electron chi connectivity index (χ4n) is 1.92. The molecule has 1 N–H and O–H groups in total. The molecule has 0 saturated carbocycles. The molecule has 5 heteroatoms. The second-order valence-electron chi connectivity index (χ2n) is 4.30. The topological polar surface area (TPSA) is 62.5 Å². The summed E-state index contributed by atoms with van der Waals surface area (Å²) in [6.07, 6.45) is 1.42. The summed E-state index contributed by atoms with van der Waals surface area (Å²) in [5.41, 5.74) is -0.0272. The molecule has 0 bridgehead atoms. The molecule has 0 aromatic carbocycles. The van der Waals surface area contributed by atoms with Gasteiger partial charge in [0.1, 0.15) is 0 Å². The van der Waals surface area contributed by atoms with Gasteiger partial charge in [-0.1, -0.05) is 13.8 Å². The highest BCUT2D eigenvalue weighted by molar-refractivity contribution is 5.87. The number of pyridine rings is 1. The molecule has 1 aromatic heterocycles. The second kappa shape index (κ2) is 6.35. The van der Waals surface area contributed by atoms with E-state index in [2.05, 4.69) is 18.7 Å². The fourth-order valence-corrected chi connectivity index (χ4v) is 1.92. The highest BCUT2D eigenvalue weighted by atomic mass is 16.4. The lowest BCUT2D eigenvalue weighted by molar-refractivity contribution is 0.0695. The average Bonchev–Trinajstić information content (AvgIpc) is 2.35. The molecule has 1 rings (SSSR count). The van der Waals surface area contributed by atoms with Crippen LogP contribution in [0.3, 0.4) is 0 Å². The normalized spacial score (nSPS) is 12.7. The van der Waals surface area contributed by atoms with Gasteiger partial charge in [0.25, 0.3) is 5.56 Å². The van der Waals surface area contributed by atoms with Gasteiger partial charge in [-0.15, -0.1) is 0 Å². The fraction of sp³-hybridized carbons (Fsp3) is 0.538. The third-order valence-corrected chi connectivity index (χ3v) is 3.08. The van der Waals surface area contributed by atoms with Crippen molar-refractivity contribution in [1.82, 2.24) is 9.47 Å². The Hall–Kier alpha value is -1.62. The third-order valence-electron chi connectivity index (χ3n) is 3.08. The summed E-state index contributed by atoms with van der Waals surface area (Å²) in [7, 11) is 0. The molecule has 0 aliphatic rings. The van der Waals surface area contributed by atoms with Crippen molar-refractivity contribution in [2.24, 2.45) is 0 Å². The van der Waals surface area contributed by atoms with Crippen molar-refractivity contribution >= 4 is 5.97 Å². The molecule has 5 nitrogen and oxygen atoms in total. The third kappa shape index (κ3) is 3.43. The van der Waals surface area contributed by atoms with Crippen LogP contribution >= 0.6 is 0 Å². The number of carboxylic acid groups (broad SMARTS) is 1. The molecule has 1 aromatic rings. The van der Waals surface area contributed by atoms with Crippen LogP contribution < -0.4 is 5.56 Å². The molecular weight excluding hydrogens is 232 g/mol. The molecule has 0 fully saturated rings. The van der Waals surface area contributed by atoms with Crippen LogP contribution in [0, 0.1) is 0 Å². The second-order valence-corrected chi connectivity index (χ2v) is 4.30. The number of hydrogen-bond donors (Lipinski definition) is 1. The maximum atomic E-state index is 11.7. The summed E-state index contributed by atoms with van der Waals surface area (Å²) in [6, 6.07) is 2.60. The number of likely N-dealkylation sites (N-methyl/N-ethyl adjacent to an activating group) is 1. The van der Waals surface area contributed by atoms with Crippen LogP contribution in [0.2, 0.25) is 0 Å². The molecule has 0 radical (unpaired) electrons. The van der Waals surface area contributed by atoms with Gasteiger partial charge in [-0.25, -0.2) is 4.79 Å². The largest absolute Gasteiger partial charge is 0.478 e. The van der Waals surface area contributed by atoms with Crippen molar-refractivity contribution in [3.8, 4) is 0 Å². The molecule has 0 aliphatic carbocycles. The van der Waals surface area contributed by atoms with E-state index in [0.717, 1.165) is 19.6 Å². The Bertz CT molecular complexity index is 464. The van der Waals surface area contributed by atoms with Gasteiger partial charge in [0.05, 0.1) is 5.56 Å². The van der Waals surface area contributed by atoms with E-state index >= 15 is 0 Å². The Morgan fingerprint density at radius 3 is 2.50 bits per heavy atom. The Kier molecular flexibility index (Phi) is 5.09. The first-order chi connectivity index (χ1) is 8.49. The minimum Gasteiger partial charge on any atom is -0.478 e. The number of aromatic carboxylic acids is 1. The predicted molar refractivity (Wildman–Crippen MR) is 70.2 cm³/mol. The van der Waals surface area contributed by atoms with Gasteiger partial charge in [-0.05, 0) is 26.1 Å². The van der Waals surface area contributed by atoms with E-state index in [1.165, 1.54) is 22.9 Å². The summed E-state index contributed by atoms with van der Waals surface area (Å²) in [5, 5.41) is 8.93. The zero-order valence-electron chi connectivity index (χ0n) is 11.1. The molecule has 0 amide bonds. The van der Waals surface area contributed by atoms with Gasteiger partial charge in [-0.2, -0.15) is 0 Å². The molecular formula is C13H20N2O3. The summed E-state index contributed by atoms with van der Waals surface area (Å²) < 4.78 is 1.49. The molecule has 0 spiro atoms. The number of carbonyl (C=O) groups is 1. The number of nitrogens with zero attached hydrogens (tertiary/aromatic N) is 2. The van der Waals surface area contributed by atoms with Crippen LogP contribution in [0.15, 0.2) is 23.1 Å². The monoisotopic (exact) mass is 252 g/mol. The number of carboxylic acids is 1. The molecule has 18 heavy (non-hydrogen) atoms. The lowest BCUT2D eigenvalue weighted by atomic mass is 10.2. The van der Waals surface area contributed by atoms with Gasteiger partial charge in [0.15, 0.2) is 0 Å². The highest BCUT2D eigenvalue weighted by Crippen LogP contribution is 2.07. The van der Waals surface area contributed by atoms with E-state index in [9.17, 15) is 9.59 Å². The van der Waals surface area contributed by atoms with Crippen molar-refractivity contribution in [2.75, 3.05) is 19.6 Å². The van der Waals surface area contributed by atoms with Crippen LogP contribution in [0.5, 0.6) is 0 Å². The van der Waals surface area contributed by atoms with Gasteiger partial charge in [-0.3, -0.25) is 4.79 Å². The van der Waals surface area contributed by atoms with Gasteiger partial charge < -0.3 is 14.6 Å². The minimum atomic E-state index is -1.02. The van der Waals surface area contributed by atoms with Crippen molar-refractivity contribution < 1.29 is 9.90 Å². The predicted octanol–water partition coefficient (Wildman–Crippen LogP) is 1.45. The minimum absolute atomic E-state index is 0.0447. The quantitative estimate of drug-likeness (QED) is 0.832. The number of rotatable bonds is 6. The first kappa shape index (κ1) is 14.4. The van der Waals surface area contributed by atoms with Crippen LogP contribution in [0.4, 0.5) is 0 Å². The number of aromatic nitrogens is 1. The average molecular weight is 252 g/mol. The van der Waals surface area contributed by atoms with E-state index in [1.807, 2.05) is 6.92 Å². The molecule has 1 atom stereocenters. The standard InChI is InChI=1S/C13H20N2O3/c1-4-14(5-2)8-10(3)15-9-11(13(17)18)6-7-12(15)16/h6-7,9-10H,4-5,8H2,1-3H3,(H,17,18). The Balaban J connectivity index is 2.97. The zero-order valence-corrected chi connectivity index (χ0v) is 11.1.